The van der Waals surface area contributed by atoms with E-state index in [9.17, 15) is 4.79 Å². The predicted molar refractivity (Wildman–Crippen MR) is 41.7 cm³/mol. The number of aryl methyl sites for hydroxylation is 2. The Morgan fingerprint density at radius 1 is 1.42 bits per heavy atom. The number of nitrogens with zero attached hydrogens (tertiary/aromatic N) is 4. The lowest BCUT2D eigenvalue weighted by molar-refractivity contribution is 0.864. The molecule has 0 aromatic carbocycles. The van der Waals surface area contributed by atoms with Crippen LogP contribution in [-0.2, 0) is 7.05 Å². The summed E-state index contributed by atoms with van der Waals surface area (Å²) in [6, 6.07) is 0. The third-order valence-electron chi connectivity index (χ3n) is 1.74. The van der Waals surface area contributed by atoms with Gasteiger partial charge in [0.2, 0.25) is 5.65 Å². The minimum atomic E-state index is -0.453. The number of aromatic amines is 1. The molecule has 1 N–H and O–H groups in total. The molecule has 0 aliphatic carbocycles. The van der Waals surface area contributed by atoms with Crippen LogP contribution in [0.1, 0.15) is 5.82 Å². The first-order valence-corrected chi connectivity index (χ1v) is 3.44. The van der Waals surface area contributed by atoms with E-state index in [0.717, 1.165) is 5.82 Å². The van der Waals surface area contributed by atoms with Crippen molar-refractivity contribution in [2.75, 3.05) is 0 Å². The number of hydrogen-bond donors (Lipinski definition) is 1. The second-order valence-electron chi connectivity index (χ2n) is 2.51. The standard InChI is InChI=1S/C6H7N5O/c1-3-7-4-5(11(3)2)8-6(12)10-9-4/h1-2H3,(H,8,10,12). The molecule has 0 spiro atoms. The molecule has 2 aromatic heterocycles. The Kier molecular flexibility index (Phi) is 1.24. The Morgan fingerprint density at radius 2 is 2.17 bits per heavy atom. The molecule has 12 heavy (non-hydrogen) atoms. The fourth-order valence-corrected chi connectivity index (χ4v) is 1.00. The first-order valence-electron chi connectivity index (χ1n) is 3.44. The fourth-order valence-electron chi connectivity index (χ4n) is 1.00. The van der Waals surface area contributed by atoms with Crippen LogP contribution in [0.2, 0.25) is 0 Å². The molecular weight excluding hydrogens is 158 g/mol. The van der Waals surface area contributed by atoms with Gasteiger partial charge in [-0.15, -0.1) is 5.10 Å². The third kappa shape index (κ3) is 0.810. The zero-order chi connectivity index (χ0) is 8.72. The summed E-state index contributed by atoms with van der Waals surface area (Å²) in [5.41, 5.74) is 0.524. The molecule has 0 saturated heterocycles. The van der Waals surface area contributed by atoms with E-state index in [0.29, 0.717) is 11.3 Å². The van der Waals surface area contributed by atoms with E-state index in [1.165, 1.54) is 0 Å². The van der Waals surface area contributed by atoms with Crippen molar-refractivity contribution in [2.45, 2.75) is 6.92 Å². The van der Waals surface area contributed by atoms with Crippen molar-refractivity contribution in [2.24, 2.45) is 7.05 Å². The monoisotopic (exact) mass is 165 g/mol. The number of imidazole rings is 1. The van der Waals surface area contributed by atoms with Crippen molar-refractivity contribution in [3.8, 4) is 0 Å². The third-order valence-corrected chi connectivity index (χ3v) is 1.74. The molecule has 6 heteroatoms. The highest BCUT2D eigenvalue weighted by Crippen LogP contribution is 2.04. The van der Waals surface area contributed by atoms with Crippen LogP contribution in [0.15, 0.2) is 4.79 Å². The Bertz CT molecular complexity index is 482. The number of H-pyrrole nitrogens is 1. The van der Waals surface area contributed by atoms with Crippen LogP contribution >= 0.6 is 0 Å². The minimum absolute atomic E-state index is 0.453. The molecule has 62 valence electrons. The topological polar surface area (TPSA) is 76.5 Å². The smallest absolute Gasteiger partial charge is 0.314 e. The maximum Gasteiger partial charge on any atom is 0.363 e. The first kappa shape index (κ1) is 6.96. The SMILES string of the molecule is Cc1nc2n[nH]c(=O)nc2n1C. The predicted octanol–water partition coefficient (Wildman–Crippen LogP) is -0.640. The summed E-state index contributed by atoms with van der Waals surface area (Å²) in [5, 5.41) is 5.95. The summed E-state index contributed by atoms with van der Waals surface area (Å²) in [5.74, 6) is 0.781. The summed E-state index contributed by atoms with van der Waals surface area (Å²) in [4.78, 5) is 18.6. The van der Waals surface area contributed by atoms with Crippen molar-refractivity contribution in [1.29, 1.82) is 0 Å². The van der Waals surface area contributed by atoms with E-state index in [-0.39, 0.29) is 0 Å². The lowest BCUT2D eigenvalue weighted by atomic mass is 10.7. The van der Waals surface area contributed by atoms with Gasteiger partial charge in [-0.2, -0.15) is 4.98 Å². The van der Waals surface area contributed by atoms with Crippen LogP contribution in [0.25, 0.3) is 11.3 Å². The quantitative estimate of drug-likeness (QED) is 0.563. The largest absolute Gasteiger partial charge is 0.363 e. The summed E-state index contributed by atoms with van der Waals surface area (Å²) >= 11 is 0. The maximum absolute atomic E-state index is 10.8. The molecule has 2 rings (SSSR count). The number of nitrogens with one attached hydrogen (secondary N) is 1. The number of hydrogen-bond acceptors (Lipinski definition) is 4. The van der Waals surface area contributed by atoms with E-state index in [1.54, 1.807) is 11.6 Å². The van der Waals surface area contributed by atoms with E-state index in [1.807, 2.05) is 6.92 Å². The average Bonchev–Trinajstić information content (AvgIpc) is 2.31. The summed E-state index contributed by atoms with van der Waals surface area (Å²) < 4.78 is 1.72. The van der Waals surface area contributed by atoms with Gasteiger partial charge in [-0.25, -0.2) is 14.9 Å². The maximum atomic E-state index is 10.8. The van der Waals surface area contributed by atoms with Crippen molar-refractivity contribution in [3.05, 3.63) is 16.3 Å². The Morgan fingerprint density at radius 3 is 2.92 bits per heavy atom. The zero-order valence-corrected chi connectivity index (χ0v) is 6.70. The Labute approximate surface area is 67.3 Å². The van der Waals surface area contributed by atoms with Gasteiger partial charge >= 0.3 is 5.69 Å². The molecule has 0 saturated carbocycles. The van der Waals surface area contributed by atoms with Gasteiger partial charge in [-0.3, -0.25) is 0 Å². The molecule has 0 aliphatic heterocycles. The van der Waals surface area contributed by atoms with Gasteiger partial charge in [0.1, 0.15) is 5.82 Å². The van der Waals surface area contributed by atoms with Crippen molar-refractivity contribution >= 4 is 11.3 Å². The average molecular weight is 165 g/mol. The van der Waals surface area contributed by atoms with Crippen LogP contribution in [0.4, 0.5) is 0 Å². The van der Waals surface area contributed by atoms with E-state index in [4.69, 9.17) is 0 Å². The molecule has 0 fully saturated rings. The van der Waals surface area contributed by atoms with Crippen molar-refractivity contribution in [3.63, 3.8) is 0 Å². The van der Waals surface area contributed by atoms with Gasteiger partial charge in [0.25, 0.3) is 0 Å². The Balaban J connectivity index is 2.98. The lowest BCUT2D eigenvalue weighted by Gasteiger charge is -1.91. The number of rotatable bonds is 0. The van der Waals surface area contributed by atoms with Crippen LogP contribution in [0.5, 0.6) is 0 Å². The molecule has 2 heterocycles. The molecule has 0 aliphatic rings. The zero-order valence-electron chi connectivity index (χ0n) is 6.70. The second-order valence-corrected chi connectivity index (χ2v) is 2.51. The molecule has 2 aromatic rings. The molecule has 0 amide bonds. The summed E-state index contributed by atoms with van der Waals surface area (Å²) in [6.45, 7) is 1.83. The van der Waals surface area contributed by atoms with Crippen molar-refractivity contribution < 1.29 is 0 Å². The molecule has 0 unspecified atom stereocenters. The van der Waals surface area contributed by atoms with Crippen LogP contribution in [-0.4, -0.2) is 24.7 Å². The molecule has 0 bridgehead atoms. The highest BCUT2D eigenvalue weighted by Gasteiger charge is 2.05. The highest BCUT2D eigenvalue weighted by molar-refractivity contribution is 5.64. The molecule has 6 nitrogen and oxygen atoms in total. The molecular formula is C6H7N5O. The number of fused-ring (bicyclic) bond motifs is 1. The molecule has 0 radical (unpaired) electrons. The van der Waals surface area contributed by atoms with Crippen LogP contribution < -0.4 is 5.69 Å². The lowest BCUT2D eigenvalue weighted by Crippen LogP contribution is -2.12. The Hall–Kier alpha value is -1.72. The van der Waals surface area contributed by atoms with Crippen LogP contribution in [0, 0.1) is 6.92 Å². The van der Waals surface area contributed by atoms with Crippen molar-refractivity contribution in [1.82, 2.24) is 24.7 Å². The normalized spacial score (nSPS) is 10.8. The minimum Gasteiger partial charge on any atom is -0.314 e. The van der Waals surface area contributed by atoms with E-state index in [2.05, 4.69) is 20.2 Å². The van der Waals surface area contributed by atoms with Gasteiger partial charge in [0.05, 0.1) is 0 Å². The van der Waals surface area contributed by atoms with Gasteiger partial charge in [0, 0.05) is 7.05 Å². The van der Waals surface area contributed by atoms with E-state index < -0.39 is 5.69 Å². The van der Waals surface area contributed by atoms with Gasteiger partial charge in [-0.1, -0.05) is 0 Å². The second kappa shape index (κ2) is 2.13. The molecule has 0 atom stereocenters. The van der Waals surface area contributed by atoms with Gasteiger partial charge in [0.15, 0.2) is 5.65 Å². The summed E-state index contributed by atoms with van der Waals surface area (Å²) in [7, 11) is 1.79. The number of aromatic nitrogens is 5. The first-order chi connectivity index (χ1) is 5.68. The van der Waals surface area contributed by atoms with Gasteiger partial charge in [-0.05, 0) is 6.92 Å². The van der Waals surface area contributed by atoms with Gasteiger partial charge < -0.3 is 4.57 Å². The van der Waals surface area contributed by atoms with E-state index >= 15 is 0 Å². The van der Waals surface area contributed by atoms with Crippen LogP contribution in [0.3, 0.4) is 0 Å². The fraction of sp³-hybridized carbons (Fsp3) is 0.333. The summed E-state index contributed by atoms with van der Waals surface area (Å²) in [6.07, 6.45) is 0. The highest BCUT2D eigenvalue weighted by atomic mass is 16.1.